The van der Waals surface area contributed by atoms with Crippen LogP contribution in [0, 0.1) is 0 Å². The highest BCUT2D eigenvalue weighted by molar-refractivity contribution is 5.03. The molecular weight excluding hydrogens is 152 g/mol. The molecule has 64 valence electrons. The van der Waals surface area contributed by atoms with Crippen molar-refractivity contribution in [1.82, 2.24) is 0 Å². The highest BCUT2D eigenvalue weighted by atomic mass is 16.5. The van der Waals surface area contributed by atoms with Gasteiger partial charge in [0.05, 0.1) is 0 Å². The van der Waals surface area contributed by atoms with Gasteiger partial charge in [0, 0.05) is 0 Å². The van der Waals surface area contributed by atoms with E-state index in [0.29, 0.717) is 6.26 Å². The lowest BCUT2D eigenvalue weighted by Crippen LogP contribution is -2.46. The average molecular weight is 162 g/mol. The first kappa shape index (κ1) is 8.32. The van der Waals surface area contributed by atoms with Gasteiger partial charge in [-0.05, 0) is 0 Å². The van der Waals surface area contributed by atoms with E-state index in [9.17, 15) is 0 Å². The summed E-state index contributed by atoms with van der Waals surface area (Å²) in [6.45, 7) is -0.120. The van der Waals surface area contributed by atoms with Gasteiger partial charge in [-0.3, -0.25) is 0 Å². The number of aliphatic hydroxyl groups is 4. The minimum absolute atomic E-state index is 0.120. The molecule has 1 rings (SSSR count). The van der Waals surface area contributed by atoms with E-state index in [0.717, 1.165) is 0 Å². The van der Waals surface area contributed by atoms with Crippen LogP contribution in [0.25, 0.3) is 0 Å². The third kappa shape index (κ3) is 1.45. The van der Waals surface area contributed by atoms with Crippen LogP contribution in [0.15, 0.2) is 12.0 Å². The second kappa shape index (κ2) is 3.08. The molecule has 1 aliphatic rings. The molecule has 0 radical (unpaired) electrons. The van der Waals surface area contributed by atoms with E-state index < -0.39 is 18.3 Å². The monoisotopic (exact) mass is 162 g/mol. The Morgan fingerprint density at radius 2 is 2.00 bits per heavy atom. The predicted octanol–water partition coefficient (Wildman–Crippen LogP) is -1.50. The summed E-state index contributed by atoms with van der Waals surface area (Å²) in [4.78, 5) is 0. The Bertz CT molecular complexity index is 166. The average Bonchev–Trinajstić information content (AvgIpc) is 2.01. The Labute approximate surface area is 63.2 Å². The van der Waals surface area contributed by atoms with Gasteiger partial charge < -0.3 is 25.2 Å². The minimum Gasteiger partial charge on any atom is -0.512 e. The van der Waals surface area contributed by atoms with Gasteiger partial charge >= 0.3 is 0 Å². The maximum absolute atomic E-state index is 9.04. The molecule has 1 aliphatic heterocycles. The molecule has 0 aromatic carbocycles. The summed E-state index contributed by atoms with van der Waals surface area (Å²) in [6, 6.07) is 0. The molecule has 0 aliphatic carbocycles. The Balaban J connectivity index is 2.67. The molecule has 1 heterocycles. The molecule has 0 saturated carbocycles. The molecule has 5 heteroatoms. The first-order valence-corrected chi connectivity index (χ1v) is 3.18. The van der Waals surface area contributed by atoms with Crippen LogP contribution in [0.5, 0.6) is 0 Å². The summed E-state index contributed by atoms with van der Waals surface area (Å²) in [5.74, 6) is -0.122. The summed E-state index contributed by atoms with van der Waals surface area (Å²) in [5, 5.41) is 35.4. The van der Waals surface area contributed by atoms with E-state index in [1.54, 1.807) is 0 Å². The van der Waals surface area contributed by atoms with E-state index in [4.69, 9.17) is 20.4 Å². The van der Waals surface area contributed by atoms with Gasteiger partial charge in [0.15, 0.2) is 5.76 Å². The van der Waals surface area contributed by atoms with Crippen molar-refractivity contribution < 1.29 is 25.2 Å². The van der Waals surface area contributed by atoms with E-state index in [2.05, 4.69) is 4.74 Å². The third-order valence-electron chi connectivity index (χ3n) is 1.56. The van der Waals surface area contributed by atoms with Gasteiger partial charge in [0.25, 0.3) is 0 Å². The van der Waals surface area contributed by atoms with Crippen LogP contribution in [0.4, 0.5) is 0 Å². The second-order valence-corrected chi connectivity index (χ2v) is 2.35. The number of aliphatic hydroxyl groups excluding tert-OH is 4. The maximum atomic E-state index is 9.04. The van der Waals surface area contributed by atoms with Gasteiger partial charge in [-0.25, -0.2) is 0 Å². The minimum atomic E-state index is -1.34. The standard InChI is InChI=1S/C6H10O5/c7-1-4-6(10)5(9)3(8)2-11-4/h1,3,5-10H,2H2/b4-1+. The first-order valence-electron chi connectivity index (χ1n) is 3.18. The summed E-state index contributed by atoms with van der Waals surface area (Å²) >= 11 is 0. The molecule has 3 unspecified atom stereocenters. The fourth-order valence-corrected chi connectivity index (χ4v) is 0.858. The van der Waals surface area contributed by atoms with E-state index >= 15 is 0 Å². The smallest absolute Gasteiger partial charge is 0.161 e. The lowest BCUT2D eigenvalue weighted by molar-refractivity contribution is -0.121. The van der Waals surface area contributed by atoms with Crippen LogP contribution in [0.2, 0.25) is 0 Å². The molecule has 11 heavy (non-hydrogen) atoms. The number of hydrogen-bond donors (Lipinski definition) is 4. The topological polar surface area (TPSA) is 90.2 Å². The van der Waals surface area contributed by atoms with Gasteiger partial charge in [-0.15, -0.1) is 0 Å². The number of rotatable bonds is 0. The summed E-state index contributed by atoms with van der Waals surface area (Å²) in [5.41, 5.74) is 0. The van der Waals surface area contributed by atoms with Crippen molar-refractivity contribution in [1.29, 1.82) is 0 Å². The van der Waals surface area contributed by atoms with Crippen LogP contribution >= 0.6 is 0 Å². The molecule has 0 aromatic heterocycles. The SMILES string of the molecule is O/C=C1/OCC(O)C(O)C1O. The molecule has 0 aromatic rings. The summed E-state index contributed by atoms with van der Waals surface area (Å²) in [7, 11) is 0. The fourth-order valence-electron chi connectivity index (χ4n) is 0.858. The Kier molecular flexibility index (Phi) is 2.33. The summed E-state index contributed by atoms with van der Waals surface area (Å²) in [6.07, 6.45) is -3.17. The van der Waals surface area contributed by atoms with Crippen molar-refractivity contribution in [2.45, 2.75) is 18.3 Å². The molecule has 1 fully saturated rings. The molecule has 1 saturated heterocycles. The number of hydrogen-bond acceptors (Lipinski definition) is 5. The largest absolute Gasteiger partial charge is 0.512 e. The molecule has 0 amide bonds. The highest BCUT2D eigenvalue weighted by Gasteiger charge is 2.34. The van der Waals surface area contributed by atoms with E-state index in [-0.39, 0.29) is 12.4 Å². The maximum Gasteiger partial charge on any atom is 0.161 e. The van der Waals surface area contributed by atoms with Gasteiger partial charge in [0.2, 0.25) is 0 Å². The molecule has 0 bridgehead atoms. The van der Waals surface area contributed by atoms with Gasteiger partial charge in [-0.2, -0.15) is 0 Å². The van der Waals surface area contributed by atoms with E-state index in [1.807, 2.05) is 0 Å². The predicted molar refractivity (Wildman–Crippen MR) is 34.7 cm³/mol. The third-order valence-corrected chi connectivity index (χ3v) is 1.56. The number of ether oxygens (including phenoxy) is 1. The second-order valence-electron chi connectivity index (χ2n) is 2.35. The lowest BCUT2D eigenvalue weighted by Gasteiger charge is -2.29. The molecule has 3 atom stereocenters. The Morgan fingerprint density at radius 3 is 2.55 bits per heavy atom. The van der Waals surface area contributed by atoms with Gasteiger partial charge in [0.1, 0.15) is 31.2 Å². The summed E-state index contributed by atoms with van der Waals surface area (Å²) < 4.78 is 4.67. The van der Waals surface area contributed by atoms with E-state index in [1.165, 1.54) is 0 Å². The first-order chi connectivity index (χ1) is 5.16. The van der Waals surface area contributed by atoms with Crippen LogP contribution in [0.1, 0.15) is 0 Å². The van der Waals surface area contributed by atoms with Crippen molar-refractivity contribution >= 4 is 0 Å². The van der Waals surface area contributed by atoms with Crippen molar-refractivity contribution in [3.63, 3.8) is 0 Å². The highest BCUT2D eigenvalue weighted by Crippen LogP contribution is 2.17. The van der Waals surface area contributed by atoms with Crippen molar-refractivity contribution in [3.8, 4) is 0 Å². The van der Waals surface area contributed by atoms with Crippen molar-refractivity contribution in [3.05, 3.63) is 12.0 Å². The molecular formula is C6H10O5. The molecule has 5 nitrogen and oxygen atoms in total. The molecule has 0 spiro atoms. The zero-order valence-electron chi connectivity index (χ0n) is 5.71. The van der Waals surface area contributed by atoms with Crippen molar-refractivity contribution in [2.75, 3.05) is 6.61 Å². The molecule has 4 N–H and O–H groups in total. The van der Waals surface area contributed by atoms with Gasteiger partial charge in [-0.1, -0.05) is 0 Å². The zero-order valence-corrected chi connectivity index (χ0v) is 5.71. The zero-order chi connectivity index (χ0) is 8.43. The normalized spacial score (nSPS) is 42.1. The van der Waals surface area contributed by atoms with Crippen LogP contribution in [0.3, 0.4) is 0 Å². The Hall–Kier alpha value is -0.780. The van der Waals surface area contributed by atoms with Crippen molar-refractivity contribution in [2.24, 2.45) is 0 Å². The van der Waals surface area contributed by atoms with Crippen LogP contribution in [-0.2, 0) is 4.74 Å². The fraction of sp³-hybridized carbons (Fsp3) is 0.667. The Morgan fingerprint density at radius 1 is 1.36 bits per heavy atom. The quantitative estimate of drug-likeness (QED) is 0.325. The van der Waals surface area contributed by atoms with Crippen LogP contribution in [-0.4, -0.2) is 45.3 Å². The van der Waals surface area contributed by atoms with Crippen LogP contribution < -0.4 is 0 Å². The lowest BCUT2D eigenvalue weighted by atomic mass is 10.0.